The number of para-hydroxylation sites is 1. The highest BCUT2D eigenvalue weighted by atomic mass is 32.2. The number of hydrogen-bond acceptors (Lipinski definition) is 5. The Labute approximate surface area is 180 Å². The molecule has 0 aliphatic heterocycles. The van der Waals surface area contributed by atoms with Gasteiger partial charge in [0.05, 0.1) is 35.8 Å². The first-order valence-corrected chi connectivity index (χ1v) is 10.9. The van der Waals surface area contributed by atoms with Crippen molar-refractivity contribution in [1.82, 2.24) is 14.9 Å². The van der Waals surface area contributed by atoms with Crippen molar-refractivity contribution in [3.63, 3.8) is 0 Å². The first-order chi connectivity index (χ1) is 14.4. The monoisotopic (exact) mass is 425 g/mol. The first-order valence-electron chi connectivity index (χ1n) is 9.88. The Hall–Kier alpha value is -2.64. The molecule has 0 radical (unpaired) electrons. The van der Waals surface area contributed by atoms with E-state index in [0.717, 1.165) is 5.56 Å². The molecular formula is C23H27N3O3S. The summed E-state index contributed by atoms with van der Waals surface area (Å²) in [6.45, 7) is 6.88. The average Bonchev–Trinajstić information content (AvgIpc) is 2.73. The molecule has 0 saturated carbocycles. The van der Waals surface area contributed by atoms with Crippen molar-refractivity contribution in [1.29, 1.82) is 0 Å². The van der Waals surface area contributed by atoms with Crippen molar-refractivity contribution in [3.8, 4) is 0 Å². The molecule has 3 rings (SSSR count). The predicted octanol–water partition coefficient (Wildman–Crippen LogP) is 3.63. The molecule has 3 aromatic rings. The molecule has 7 heteroatoms. The van der Waals surface area contributed by atoms with Gasteiger partial charge in [-0.25, -0.2) is 4.98 Å². The second-order valence-corrected chi connectivity index (χ2v) is 8.23. The fourth-order valence-corrected chi connectivity index (χ4v) is 4.00. The van der Waals surface area contributed by atoms with Crippen LogP contribution >= 0.6 is 11.8 Å². The lowest BCUT2D eigenvalue weighted by Crippen LogP contribution is -2.29. The van der Waals surface area contributed by atoms with Gasteiger partial charge in [0.2, 0.25) is 5.91 Å². The van der Waals surface area contributed by atoms with Crippen molar-refractivity contribution >= 4 is 28.6 Å². The number of aryl methyl sites for hydroxylation is 2. The number of fused-ring (bicyclic) bond motifs is 1. The highest BCUT2D eigenvalue weighted by Crippen LogP contribution is 2.20. The van der Waals surface area contributed by atoms with E-state index in [1.165, 1.54) is 22.9 Å². The second kappa shape index (κ2) is 9.91. The molecule has 6 nitrogen and oxygen atoms in total. The molecule has 0 saturated heterocycles. The minimum absolute atomic E-state index is 0.0994. The van der Waals surface area contributed by atoms with Crippen molar-refractivity contribution in [2.45, 2.75) is 38.5 Å². The number of rotatable bonds is 8. The Morgan fingerprint density at radius 2 is 1.97 bits per heavy atom. The summed E-state index contributed by atoms with van der Waals surface area (Å²) < 4.78 is 6.72. The largest absolute Gasteiger partial charge is 0.383 e. The van der Waals surface area contributed by atoms with E-state index in [1.54, 1.807) is 17.7 Å². The highest BCUT2D eigenvalue weighted by Gasteiger charge is 2.15. The van der Waals surface area contributed by atoms with Gasteiger partial charge in [0.25, 0.3) is 5.56 Å². The van der Waals surface area contributed by atoms with Crippen LogP contribution in [0.3, 0.4) is 0 Å². The summed E-state index contributed by atoms with van der Waals surface area (Å²) in [6.07, 6.45) is 0. The SMILES string of the molecule is COCCn1c(SCC(=O)N[C@H](C)c2ccc(C)c(C)c2)nc2ccccc2c1=O. The zero-order valence-corrected chi connectivity index (χ0v) is 18.6. The van der Waals surface area contributed by atoms with Gasteiger partial charge in [0.15, 0.2) is 5.16 Å². The third-order valence-corrected chi connectivity index (χ3v) is 6.06. The van der Waals surface area contributed by atoms with Crippen LogP contribution in [-0.2, 0) is 16.1 Å². The van der Waals surface area contributed by atoms with Gasteiger partial charge in [-0.2, -0.15) is 0 Å². The minimum Gasteiger partial charge on any atom is -0.383 e. The number of nitrogens with one attached hydrogen (secondary N) is 1. The van der Waals surface area contributed by atoms with Crippen molar-refractivity contribution in [2.75, 3.05) is 19.5 Å². The van der Waals surface area contributed by atoms with Crippen molar-refractivity contribution in [2.24, 2.45) is 0 Å². The van der Waals surface area contributed by atoms with E-state index < -0.39 is 0 Å². The number of amides is 1. The van der Waals surface area contributed by atoms with Gasteiger partial charge in [-0.15, -0.1) is 0 Å². The van der Waals surface area contributed by atoms with E-state index in [1.807, 2.05) is 31.2 Å². The normalized spacial score (nSPS) is 12.1. The van der Waals surface area contributed by atoms with Crippen LogP contribution < -0.4 is 10.9 Å². The third-order valence-electron chi connectivity index (χ3n) is 5.09. The molecule has 1 aromatic heterocycles. The number of carbonyl (C=O) groups is 1. The van der Waals surface area contributed by atoms with Crippen LogP contribution in [0.25, 0.3) is 10.9 Å². The van der Waals surface area contributed by atoms with Crippen LogP contribution in [0.2, 0.25) is 0 Å². The summed E-state index contributed by atoms with van der Waals surface area (Å²) in [7, 11) is 1.59. The molecule has 2 aromatic carbocycles. The Balaban J connectivity index is 1.74. The number of nitrogens with zero attached hydrogens (tertiary/aromatic N) is 2. The molecular weight excluding hydrogens is 398 g/mol. The van der Waals surface area contributed by atoms with E-state index in [2.05, 4.69) is 36.3 Å². The molecule has 0 bridgehead atoms. The van der Waals surface area contributed by atoms with Gasteiger partial charge in [0, 0.05) is 7.11 Å². The zero-order valence-electron chi connectivity index (χ0n) is 17.8. The average molecular weight is 426 g/mol. The zero-order chi connectivity index (χ0) is 21.7. The predicted molar refractivity (Wildman–Crippen MR) is 121 cm³/mol. The molecule has 1 heterocycles. The van der Waals surface area contributed by atoms with Crippen LogP contribution in [0.4, 0.5) is 0 Å². The van der Waals surface area contributed by atoms with Crippen LogP contribution in [-0.4, -0.2) is 34.9 Å². The second-order valence-electron chi connectivity index (χ2n) is 7.28. The molecule has 0 fully saturated rings. The van der Waals surface area contributed by atoms with E-state index in [0.29, 0.717) is 29.2 Å². The number of benzene rings is 2. The Kier molecular flexibility index (Phi) is 7.29. The Bertz CT molecular complexity index is 1110. The van der Waals surface area contributed by atoms with Gasteiger partial charge in [-0.3, -0.25) is 14.2 Å². The summed E-state index contributed by atoms with van der Waals surface area (Å²) in [5.74, 6) is 0.0684. The van der Waals surface area contributed by atoms with Crippen LogP contribution in [0, 0.1) is 13.8 Å². The summed E-state index contributed by atoms with van der Waals surface area (Å²) in [5.41, 5.74) is 4.00. The highest BCUT2D eigenvalue weighted by molar-refractivity contribution is 7.99. The standard InChI is InChI=1S/C23H27N3O3S/c1-15-9-10-18(13-16(15)2)17(3)24-21(27)14-30-23-25-20-8-6-5-7-19(20)22(28)26(23)11-12-29-4/h5-10,13,17H,11-12,14H2,1-4H3,(H,24,27)/t17-/m1/s1. The minimum atomic E-state index is -0.121. The van der Waals surface area contributed by atoms with Gasteiger partial charge < -0.3 is 10.1 Å². The fourth-order valence-electron chi connectivity index (χ4n) is 3.17. The molecule has 0 unspecified atom stereocenters. The molecule has 0 aliphatic rings. The molecule has 30 heavy (non-hydrogen) atoms. The Morgan fingerprint density at radius 3 is 2.70 bits per heavy atom. The van der Waals surface area contributed by atoms with E-state index >= 15 is 0 Å². The molecule has 1 N–H and O–H groups in total. The number of thioether (sulfide) groups is 1. The maximum atomic E-state index is 12.9. The van der Waals surface area contributed by atoms with Crippen molar-refractivity contribution in [3.05, 3.63) is 69.5 Å². The molecule has 158 valence electrons. The van der Waals surface area contributed by atoms with Crippen molar-refractivity contribution < 1.29 is 9.53 Å². The van der Waals surface area contributed by atoms with E-state index in [9.17, 15) is 9.59 Å². The number of aromatic nitrogens is 2. The molecule has 0 aliphatic carbocycles. The Morgan fingerprint density at radius 1 is 1.20 bits per heavy atom. The van der Waals surface area contributed by atoms with Crippen LogP contribution in [0.15, 0.2) is 52.4 Å². The summed E-state index contributed by atoms with van der Waals surface area (Å²) in [6, 6.07) is 13.3. The van der Waals surface area contributed by atoms with Gasteiger partial charge in [-0.05, 0) is 49.6 Å². The number of ether oxygens (including phenoxy) is 1. The first kappa shape index (κ1) is 22.1. The number of carbonyl (C=O) groups excluding carboxylic acids is 1. The number of methoxy groups -OCH3 is 1. The summed E-state index contributed by atoms with van der Waals surface area (Å²) >= 11 is 1.26. The van der Waals surface area contributed by atoms with Gasteiger partial charge >= 0.3 is 0 Å². The molecule has 1 amide bonds. The molecule has 0 spiro atoms. The fraction of sp³-hybridized carbons (Fsp3) is 0.348. The number of hydrogen-bond donors (Lipinski definition) is 1. The quantitative estimate of drug-likeness (QED) is 0.441. The van der Waals surface area contributed by atoms with E-state index in [4.69, 9.17) is 4.74 Å². The topological polar surface area (TPSA) is 73.2 Å². The smallest absolute Gasteiger partial charge is 0.262 e. The lowest BCUT2D eigenvalue weighted by Gasteiger charge is -2.16. The third kappa shape index (κ3) is 5.09. The summed E-state index contributed by atoms with van der Waals surface area (Å²) in [5, 5.41) is 4.11. The lowest BCUT2D eigenvalue weighted by atomic mass is 10.0. The van der Waals surface area contributed by atoms with Gasteiger partial charge in [0.1, 0.15) is 0 Å². The van der Waals surface area contributed by atoms with Crippen LogP contribution in [0.5, 0.6) is 0 Å². The maximum absolute atomic E-state index is 12.9. The van der Waals surface area contributed by atoms with E-state index in [-0.39, 0.29) is 23.3 Å². The summed E-state index contributed by atoms with van der Waals surface area (Å²) in [4.78, 5) is 30.0. The van der Waals surface area contributed by atoms with Crippen LogP contribution in [0.1, 0.15) is 29.7 Å². The molecule has 1 atom stereocenters. The maximum Gasteiger partial charge on any atom is 0.262 e. The lowest BCUT2D eigenvalue weighted by molar-refractivity contribution is -0.119. The van der Waals surface area contributed by atoms with Gasteiger partial charge in [-0.1, -0.05) is 42.1 Å².